The van der Waals surface area contributed by atoms with Gasteiger partial charge in [-0.15, -0.1) is 17.8 Å². The van der Waals surface area contributed by atoms with Crippen molar-refractivity contribution in [2.24, 2.45) is 5.16 Å². The Labute approximate surface area is 378 Å². The van der Waals surface area contributed by atoms with E-state index in [-0.39, 0.29) is 29.5 Å². The van der Waals surface area contributed by atoms with Crippen LogP contribution in [0.15, 0.2) is 173 Å². The smallest absolute Gasteiger partial charge is 0.356 e. The van der Waals surface area contributed by atoms with Crippen LogP contribution in [0.25, 0.3) is 0 Å². The Morgan fingerprint density at radius 3 is 1.89 bits per heavy atom. The minimum absolute atomic E-state index is 0.00880. The minimum atomic E-state index is -1.68. The number of thiazole rings is 1. The number of hydrogen-bond donors (Lipinski definition) is 2. The summed E-state index contributed by atoms with van der Waals surface area (Å²) in [6.45, 7) is -0.240. The minimum Gasteiger partial charge on any atom is -0.448 e. The van der Waals surface area contributed by atoms with Crippen LogP contribution in [0.3, 0.4) is 0 Å². The van der Waals surface area contributed by atoms with Crippen molar-refractivity contribution in [1.29, 1.82) is 0 Å². The molecule has 11 nitrogen and oxygen atoms in total. The number of amides is 2. The molecule has 0 bridgehead atoms. The fraction of sp³-hybridized carbons (Fsp3) is 0.146. The zero-order chi connectivity index (χ0) is 43.1. The van der Waals surface area contributed by atoms with Crippen molar-refractivity contribution < 1.29 is 28.2 Å². The first-order valence-electron chi connectivity index (χ1n) is 19.5. The maximum Gasteiger partial charge on any atom is 0.356 e. The van der Waals surface area contributed by atoms with Crippen molar-refractivity contribution in [2.75, 3.05) is 22.1 Å². The fourth-order valence-electron chi connectivity index (χ4n) is 7.62. The van der Waals surface area contributed by atoms with Crippen LogP contribution in [0.2, 0.25) is 0 Å². The Bertz CT molecular complexity index is 2560. The van der Waals surface area contributed by atoms with E-state index in [1.807, 2.05) is 152 Å². The number of ether oxygens (including phenoxy) is 1. The third-order valence-corrected chi connectivity index (χ3v) is 13.8. The van der Waals surface area contributed by atoms with E-state index in [4.69, 9.17) is 21.0 Å². The lowest BCUT2D eigenvalue weighted by Gasteiger charge is -2.49. The van der Waals surface area contributed by atoms with E-state index in [0.29, 0.717) is 15.1 Å². The molecule has 3 atom stereocenters. The summed E-state index contributed by atoms with van der Waals surface area (Å²) >= 11 is 3.33. The molecule has 0 radical (unpaired) electrons. The molecule has 0 aliphatic carbocycles. The van der Waals surface area contributed by atoms with E-state index in [1.54, 1.807) is 5.38 Å². The molecule has 0 saturated carbocycles. The summed E-state index contributed by atoms with van der Waals surface area (Å²) < 4.78 is 20.3. The Balaban J connectivity index is 1.07. The van der Waals surface area contributed by atoms with Crippen LogP contribution >= 0.6 is 33.9 Å². The number of halogens is 1. The summed E-state index contributed by atoms with van der Waals surface area (Å²) in [4.78, 5) is 53.8. The number of esters is 1. The first kappa shape index (κ1) is 42.3. The van der Waals surface area contributed by atoms with Crippen LogP contribution in [0, 0.1) is 12.3 Å². The molecule has 62 heavy (non-hydrogen) atoms. The van der Waals surface area contributed by atoms with Gasteiger partial charge in [0.2, 0.25) is 0 Å². The molecule has 2 aliphatic heterocycles. The molecular formula is C48H38IN5O6S2. The van der Waals surface area contributed by atoms with E-state index < -0.39 is 51.6 Å². The molecule has 1 fully saturated rings. The number of nitrogens with one attached hydrogen (secondary N) is 2. The highest BCUT2D eigenvalue weighted by molar-refractivity contribution is 14.1. The van der Waals surface area contributed by atoms with Crippen molar-refractivity contribution in [3.8, 4) is 12.3 Å². The highest BCUT2D eigenvalue weighted by atomic mass is 127. The average molecular weight is 972 g/mol. The predicted molar refractivity (Wildman–Crippen MR) is 249 cm³/mol. The Kier molecular flexibility index (Phi) is 13.0. The number of nitrogens with zero attached hydrogens (tertiary/aromatic N) is 3. The van der Waals surface area contributed by atoms with Crippen LogP contribution in [-0.2, 0) is 40.3 Å². The molecule has 2 amide bonds. The number of terminal acetylenes is 1. The van der Waals surface area contributed by atoms with Gasteiger partial charge in [0.25, 0.3) is 11.8 Å². The van der Waals surface area contributed by atoms with Crippen molar-refractivity contribution in [2.45, 2.75) is 23.1 Å². The molecule has 6 aromatic rings. The molecule has 5 aromatic carbocycles. The summed E-state index contributed by atoms with van der Waals surface area (Å²) in [7, 11) is -1.68. The highest BCUT2D eigenvalue weighted by Gasteiger charge is 2.57. The van der Waals surface area contributed by atoms with Crippen molar-refractivity contribution in [1.82, 2.24) is 15.2 Å². The van der Waals surface area contributed by atoms with Gasteiger partial charge < -0.3 is 20.2 Å². The Morgan fingerprint density at radius 1 is 0.871 bits per heavy atom. The second-order valence-corrected chi connectivity index (χ2v) is 17.3. The lowest BCUT2D eigenvalue weighted by Crippen LogP contribution is -2.74. The van der Waals surface area contributed by atoms with E-state index in [0.717, 1.165) is 27.8 Å². The second-order valence-electron chi connectivity index (χ2n) is 14.2. The number of aromatic nitrogens is 1. The number of hydrogen-bond acceptors (Lipinski definition) is 10. The Hall–Kier alpha value is -6.41. The average Bonchev–Trinajstić information content (AvgIpc) is 3.79. The summed E-state index contributed by atoms with van der Waals surface area (Å²) in [5.41, 5.74) is 3.85. The number of anilines is 1. The summed E-state index contributed by atoms with van der Waals surface area (Å²) in [6, 6.07) is 47.3. The van der Waals surface area contributed by atoms with Crippen molar-refractivity contribution in [3.05, 3.63) is 202 Å². The standard InChI is InChI=1S/C48H38IN5O6S2/c1-2-28-59-53-39(38-30-61-47(50-38)52-48(35-22-12-5-13-23-35,36-24-14-6-15-25-36)37-26-16-7-17-27-37)43(55)51-40-44(56)54-41(34(29-49)31-62(58)45(40)54)46(57)60-42(32-18-8-3-9-19-32)33-20-10-4-11-21-33/h1,3-27,30,40,42,45H,28-29,31H2,(H,50,52)(H,51,55)/t40?,45-,62?/m0/s1. The lowest BCUT2D eigenvalue weighted by atomic mass is 9.77. The molecule has 2 N–H and O–H groups in total. The zero-order valence-corrected chi connectivity index (χ0v) is 36.7. The number of rotatable bonds is 15. The summed E-state index contributed by atoms with van der Waals surface area (Å²) in [5, 5.41) is 11.6. The SMILES string of the molecule is C#CCON=C(C(=O)NC1C(=O)N2C(C(=O)OC(c3ccccc3)c3ccccc3)=C(CI)CS(=O)[C@@H]12)c1csc(NC(c2ccccc2)(c2ccccc2)c2ccccc2)n1. The highest BCUT2D eigenvalue weighted by Crippen LogP contribution is 2.41. The molecule has 1 aromatic heterocycles. The predicted octanol–water partition coefficient (Wildman–Crippen LogP) is 7.34. The normalized spacial score (nSPS) is 17.4. The van der Waals surface area contributed by atoms with Gasteiger partial charge in [-0.1, -0.05) is 185 Å². The summed E-state index contributed by atoms with van der Waals surface area (Å²) in [5.74, 6) is 0.176. The molecule has 3 heterocycles. The van der Waals surface area contributed by atoms with Gasteiger partial charge >= 0.3 is 5.97 Å². The molecule has 8 rings (SSSR count). The largest absolute Gasteiger partial charge is 0.448 e. The van der Waals surface area contributed by atoms with Gasteiger partial charge in [-0.2, -0.15) is 0 Å². The molecular weight excluding hydrogens is 934 g/mol. The number of alkyl halides is 1. The first-order valence-corrected chi connectivity index (χ1v) is 23.3. The molecule has 0 spiro atoms. The monoisotopic (exact) mass is 971 g/mol. The van der Waals surface area contributed by atoms with Gasteiger partial charge in [-0.05, 0) is 33.4 Å². The second kappa shape index (κ2) is 19.1. The van der Waals surface area contributed by atoms with E-state index in [1.165, 1.54) is 16.2 Å². The number of fused-ring (bicyclic) bond motifs is 1. The Morgan fingerprint density at radius 2 is 1.39 bits per heavy atom. The first-order chi connectivity index (χ1) is 30.3. The molecule has 2 aliphatic rings. The van der Waals surface area contributed by atoms with E-state index in [2.05, 4.69) is 44.3 Å². The van der Waals surface area contributed by atoms with Gasteiger partial charge in [-0.3, -0.25) is 18.7 Å². The number of carbonyl (C=O) groups excluding carboxylic acids is 3. The number of β-lactam (4-membered cyclic amide) rings is 1. The fourth-order valence-corrected chi connectivity index (χ4v) is 11.1. The van der Waals surface area contributed by atoms with Gasteiger partial charge in [0, 0.05) is 9.81 Å². The maximum absolute atomic E-state index is 14.2. The molecule has 1 saturated heterocycles. The molecule has 2 unspecified atom stereocenters. The number of oxime groups is 1. The van der Waals surface area contributed by atoms with Crippen molar-refractivity contribution >= 4 is 73.4 Å². The quantitative estimate of drug-likeness (QED) is 0.0126. The zero-order valence-electron chi connectivity index (χ0n) is 32.9. The molecule has 14 heteroatoms. The topological polar surface area (TPSA) is 139 Å². The van der Waals surface area contributed by atoms with Gasteiger partial charge in [0.15, 0.2) is 23.6 Å². The number of carbonyl (C=O) groups is 3. The van der Waals surface area contributed by atoms with Crippen molar-refractivity contribution in [3.63, 3.8) is 0 Å². The van der Waals surface area contributed by atoms with Gasteiger partial charge in [-0.25, -0.2) is 9.78 Å². The van der Waals surface area contributed by atoms with Crippen LogP contribution in [0.1, 0.15) is 39.6 Å². The third kappa shape index (κ3) is 8.43. The summed E-state index contributed by atoms with van der Waals surface area (Å²) in [6.07, 6.45) is 4.67. The van der Waals surface area contributed by atoms with E-state index >= 15 is 0 Å². The maximum atomic E-state index is 14.2. The molecule has 310 valence electrons. The van der Waals surface area contributed by atoms with Crippen LogP contribution in [-0.4, -0.2) is 65.8 Å². The van der Waals surface area contributed by atoms with Crippen LogP contribution in [0.4, 0.5) is 5.13 Å². The van der Waals surface area contributed by atoms with E-state index in [9.17, 15) is 18.6 Å². The third-order valence-electron chi connectivity index (χ3n) is 10.5. The van der Waals surface area contributed by atoms with Crippen LogP contribution < -0.4 is 10.6 Å². The lowest BCUT2D eigenvalue weighted by molar-refractivity contribution is -0.154. The van der Waals surface area contributed by atoms with Gasteiger partial charge in [0.05, 0.1) is 16.6 Å². The van der Waals surface area contributed by atoms with Crippen LogP contribution in [0.5, 0.6) is 0 Å². The number of benzene rings is 5. The van der Waals surface area contributed by atoms with Gasteiger partial charge in [0.1, 0.15) is 28.3 Å².